The summed E-state index contributed by atoms with van der Waals surface area (Å²) in [4.78, 5) is 21.9. The largest absolute Gasteiger partial charge is 0.506 e. The lowest BCUT2D eigenvalue weighted by Gasteiger charge is -2.08. The Balaban J connectivity index is 2.25. The van der Waals surface area contributed by atoms with Crippen LogP contribution in [0.1, 0.15) is 10.4 Å². The maximum Gasteiger partial charge on any atom is 0.273 e. The number of carbonyl (C=O) groups excluding carboxylic acids is 1. The number of aromatic hydroxyl groups is 1. The van der Waals surface area contributed by atoms with Crippen LogP contribution in [-0.4, -0.2) is 15.9 Å². The van der Waals surface area contributed by atoms with Crippen LogP contribution in [0.4, 0.5) is 11.4 Å². The second-order valence-corrected chi connectivity index (χ2v) is 4.88. The third-order valence-electron chi connectivity index (χ3n) is 2.62. The van der Waals surface area contributed by atoms with Crippen LogP contribution in [0.5, 0.6) is 5.75 Å². The number of benzene rings is 2. The Hall–Kier alpha value is -2.31. The average molecular weight is 327 g/mol. The quantitative estimate of drug-likeness (QED) is 0.508. The normalized spacial score (nSPS) is 10.2. The van der Waals surface area contributed by atoms with Crippen LogP contribution in [-0.2, 0) is 0 Å². The highest BCUT2D eigenvalue weighted by atomic mass is 35.5. The number of amides is 1. The van der Waals surface area contributed by atoms with Gasteiger partial charge in [0.25, 0.3) is 11.6 Å². The molecule has 21 heavy (non-hydrogen) atoms. The molecule has 0 saturated carbocycles. The molecule has 6 nitrogen and oxygen atoms in total. The molecular formula is C13H8Cl2N2O4. The lowest BCUT2D eigenvalue weighted by atomic mass is 10.2. The Bertz CT molecular complexity index is 734. The van der Waals surface area contributed by atoms with E-state index in [1.807, 2.05) is 0 Å². The van der Waals surface area contributed by atoms with Gasteiger partial charge in [0.2, 0.25) is 0 Å². The van der Waals surface area contributed by atoms with Crippen LogP contribution in [0.2, 0.25) is 10.0 Å². The fourth-order valence-electron chi connectivity index (χ4n) is 1.60. The van der Waals surface area contributed by atoms with Gasteiger partial charge in [0.05, 0.1) is 27.3 Å². The summed E-state index contributed by atoms with van der Waals surface area (Å²) in [7, 11) is 0. The first kappa shape index (κ1) is 15.1. The van der Waals surface area contributed by atoms with Crippen molar-refractivity contribution in [2.75, 3.05) is 5.32 Å². The first-order chi connectivity index (χ1) is 9.88. The summed E-state index contributed by atoms with van der Waals surface area (Å²) in [6, 6.07) is 7.68. The van der Waals surface area contributed by atoms with Crippen molar-refractivity contribution in [3.8, 4) is 5.75 Å². The second-order valence-electron chi connectivity index (χ2n) is 4.04. The summed E-state index contributed by atoms with van der Waals surface area (Å²) in [5.74, 6) is -0.983. The molecule has 2 rings (SSSR count). The number of halogens is 2. The molecule has 2 aromatic rings. The number of phenols is 1. The summed E-state index contributed by atoms with van der Waals surface area (Å²) in [5, 5.41) is 23.2. The van der Waals surface area contributed by atoms with Gasteiger partial charge in [-0.15, -0.1) is 0 Å². The number of phenolic OH excluding ortho intramolecular Hbond substituents is 1. The summed E-state index contributed by atoms with van der Waals surface area (Å²) in [6.45, 7) is 0. The third kappa shape index (κ3) is 3.42. The van der Waals surface area contributed by atoms with Crippen molar-refractivity contribution < 1.29 is 14.8 Å². The lowest BCUT2D eigenvalue weighted by Crippen LogP contribution is -2.12. The zero-order valence-electron chi connectivity index (χ0n) is 10.3. The Morgan fingerprint density at radius 2 is 1.90 bits per heavy atom. The van der Waals surface area contributed by atoms with Gasteiger partial charge >= 0.3 is 0 Å². The van der Waals surface area contributed by atoms with Gasteiger partial charge in [-0.1, -0.05) is 23.2 Å². The topological polar surface area (TPSA) is 92.5 Å². The van der Waals surface area contributed by atoms with E-state index in [0.29, 0.717) is 5.02 Å². The van der Waals surface area contributed by atoms with Crippen molar-refractivity contribution in [2.24, 2.45) is 0 Å². The number of hydrogen-bond acceptors (Lipinski definition) is 4. The minimum atomic E-state index is -0.651. The summed E-state index contributed by atoms with van der Waals surface area (Å²) in [6.07, 6.45) is 0. The second kappa shape index (κ2) is 5.99. The fraction of sp³-hybridized carbons (Fsp3) is 0. The average Bonchev–Trinajstić information content (AvgIpc) is 2.40. The molecule has 0 aliphatic heterocycles. The molecule has 0 aromatic heterocycles. The molecule has 0 atom stereocenters. The van der Waals surface area contributed by atoms with Crippen molar-refractivity contribution in [2.45, 2.75) is 0 Å². The van der Waals surface area contributed by atoms with Gasteiger partial charge in [0.15, 0.2) is 0 Å². The molecule has 0 bridgehead atoms. The zero-order chi connectivity index (χ0) is 15.6. The van der Waals surface area contributed by atoms with Crippen molar-refractivity contribution in [1.29, 1.82) is 0 Å². The van der Waals surface area contributed by atoms with E-state index in [1.54, 1.807) is 0 Å². The third-order valence-corrected chi connectivity index (χ3v) is 3.16. The molecule has 0 unspecified atom stereocenters. The zero-order valence-corrected chi connectivity index (χ0v) is 11.9. The molecule has 0 aliphatic rings. The van der Waals surface area contributed by atoms with Crippen molar-refractivity contribution in [3.05, 3.63) is 62.1 Å². The molecule has 0 aliphatic carbocycles. The number of nitro groups is 1. The van der Waals surface area contributed by atoms with Crippen LogP contribution in [0.25, 0.3) is 0 Å². The highest BCUT2D eigenvalue weighted by molar-refractivity contribution is 6.37. The van der Waals surface area contributed by atoms with Gasteiger partial charge < -0.3 is 10.4 Å². The minimum Gasteiger partial charge on any atom is -0.506 e. The Morgan fingerprint density at radius 3 is 2.48 bits per heavy atom. The standard InChI is InChI=1S/C13H8Cl2N2O4/c14-7-1-3-9(10(15)5-7)13(19)16-11-4-2-8(17(20)21)6-12(11)18/h1-6,18H,(H,16,19). The number of nitrogens with zero attached hydrogens (tertiary/aromatic N) is 1. The van der Waals surface area contributed by atoms with Gasteiger partial charge in [-0.2, -0.15) is 0 Å². The Labute approximate surface area is 129 Å². The number of rotatable bonds is 3. The van der Waals surface area contributed by atoms with E-state index in [2.05, 4.69) is 5.32 Å². The van der Waals surface area contributed by atoms with E-state index in [4.69, 9.17) is 23.2 Å². The van der Waals surface area contributed by atoms with E-state index >= 15 is 0 Å². The number of hydrogen-bond donors (Lipinski definition) is 2. The van der Waals surface area contributed by atoms with Crippen LogP contribution >= 0.6 is 23.2 Å². The molecule has 1 amide bonds. The number of nitrogens with one attached hydrogen (secondary N) is 1. The minimum absolute atomic E-state index is 0.0385. The molecule has 0 saturated heterocycles. The van der Waals surface area contributed by atoms with E-state index in [1.165, 1.54) is 30.3 Å². The summed E-state index contributed by atoms with van der Waals surface area (Å²) >= 11 is 11.6. The SMILES string of the molecule is O=C(Nc1ccc([N+](=O)[O-])cc1O)c1ccc(Cl)cc1Cl. The van der Waals surface area contributed by atoms with Crippen molar-refractivity contribution >= 4 is 40.5 Å². The molecule has 108 valence electrons. The summed E-state index contributed by atoms with van der Waals surface area (Å²) < 4.78 is 0. The van der Waals surface area contributed by atoms with E-state index in [9.17, 15) is 20.0 Å². The summed E-state index contributed by atoms with van der Waals surface area (Å²) in [5.41, 5.74) is -0.0783. The van der Waals surface area contributed by atoms with Crippen LogP contribution in [0.3, 0.4) is 0 Å². The monoisotopic (exact) mass is 326 g/mol. The number of nitro benzene ring substituents is 1. The Morgan fingerprint density at radius 1 is 1.19 bits per heavy atom. The van der Waals surface area contributed by atoms with Gasteiger partial charge in [-0.25, -0.2) is 0 Å². The highest BCUT2D eigenvalue weighted by Gasteiger charge is 2.15. The first-order valence-electron chi connectivity index (χ1n) is 5.62. The highest BCUT2D eigenvalue weighted by Crippen LogP contribution is 2.29. The van der Waals surface area contributed by atoms with Gasteiger partial charge in [-0.05, 0) is 24.3 Å². The molecule has 0 fully saturated rings. The maximum absolute atomic E-state index is 12.0. The van der Waals surface area contributed by atoms with Crippen LogP contribution < -0.4 is 5.32 Å². The lowest BCUT2D eigenvalue weighted by molar-refractivity contribution is -0.384. The molecule has 0 heterocycles. The molecular weight excluding hydrogens is 319 g/mol. The first-order valence-corrected chi connectivity index (χ1v) is 6.38. The van der Waals surface area contributed by atoms with E-state index in [0.717, 1.165) is 6.07 Å². The maximum atomic E-state index is 12.0. The smallest absolute Gasteiger partial charge is 0.273 e. The number of carbonyl (C=O) groups is 1. The molecule has 2 aromatic carbocycles. The predicted molar refractivity (Wildman–Crippen MR) is 79.2 cm³/mol. The fourth-order valence-corrected chi connectivity index (χ4v) is 2.10. The molecule has 8 heteroatoms. The number of anilines is 1. The van der Waals surface area contributed by atoms with Gasteiger partial charge in [0, 0.05) is 11.1 Å². The van der Waals surface area contributed by atoms with Gasteiger partial charge in [0.1, 0.15) is 5.75 Å². The van der Waals surface area contributed by atoms with Crippen molar-refractivity contribution in [3.63, 3.8) is 0 Å². The predicted octanol–water partition coefficient (Wildman–Crippen LogP) is 3.86. The number of non-ortho nitro benzene ring substituents is 1. The van der Waals surface area contributed by atoms with Crippen molar-refractivity contribution in [1.82, 2.24) is 0 Å². The molecule has 0 radical (unpaired) electrons. The van der Waals surface area contributed by atoms with Crippen LogP contribution in [0.15, 0.2) is 36.4 Å². The van der Waals surface area contributed by atoms with E-state index in [-0.39, 0.29) is 22.0 Å². The van der Waals surface area contributed by atoms with E-state index < -0.39 is 16.6 Å². The molecule has 0 spiro atoms. The molecule has 2 N–H and O–H groups in total. The van der Waals surface area contributed by atoms with Crippen LogP contribution in [0, 0.1) is 10.1 Å². The van der Waals surface area contributed by atoms with Gasteiger partial charge in [-0.3, -0.25) is 14.9 Å². The Kier molecular flexibility index (Phi) is 4.30.